The Morgan fingerprint density at radius 2 is 2.07 bits per heavy atom. The van der Waals surface area contributed by atoms with E-state index in [0.29, 0.717) is 0 Å². The number of hydrogen-bond donors (Lipinski definition) is 2. The van der Waals surface area contributed by atoms with Crippen LogP contribution in [0.2, 0.25) is 0 Å². The van der Waals surface area contributed by atoms with E-state index in [0.717, 1.165) is 30.9 Å². The van der Waals surface area contributed by atoms with Crippen molar-refractivity contribution < 1.29 is 9.90 Å². The highest BCUT2D eigenvalue weighted by Crippen LogP contribution is 2.19. The topological polar surface area (TPSA) is 49.3 Å². The molecule has 0 spiro atoms. The summed E-state index contributed by atoms with van der Waals surface area (Å²) >= 11 is 1.76. The summed E-state index contributed by atoms with van der Waals surface area (Å²) in [6.07, 6.45) is 1.69. The molecular formula is C11H23NO2S. The van der Waals surface area contributed by atoms with Gasteiger partial charge in [0.05, 0.1) is 0 Å². The van der Waals surface area contributed by atoms with Gasteiger partial charge in [-0.2, -0.15) is 11.8 Å². The van der Waals surface area contributed by atoms with Gasteiger partial charge < -0.3 is 10.4 Å². The van der Waals surface area contributed by atoms with E-state index >= 15 is 0 Å². The lowest BCUT2D eigenvalue weighted by Gasteiger charge is -2.21. The van der Waals surface area contributed by atoms with Gasteiger partial charge >= 0.3 is 0 Å². The van der Waals surface area contributed by atoms with E-state index in [1.807, 2.05) is 20.8 Å². The lowest BCUT2D eigenvalue weighted by Crippen LogP contribution is -2.37. The highest BCUT2D eigenvalue weighted by Gasteiger charge is 2.24. The molecule has 1 amide bonds. The fraction of sp³-hybridized carbons (Fsp3) is 0.909. The van der Waals surface area contributed by atoms with Crippen LogP contribution in [0.25, 0.3) is 0 Å². The predicted octanol–water partition coefficient (Wildman–Crippen LogP) is 1.65. The summed E-state index contributed by atoms with van der Waals surface area (Å²) in [5.74, 6) is 2.02. The Morgan fingerprint density at radius 1 is 1.40 bits per heavy atom. The first-order valence-electron chi connectivity index (χ1n) is 5.51. The maximum Gasteiger partial charge on any atom is 0.225 e. The van der Waals surface area contributed by atoms with E-state index < -0.39 is 0 Å². The quantitative estimate of drug-likeness (QED) is 0.627. The second-order valence-electron chi connectivity index (χ2n) is 4.18. The summed E-state index contributed by atoms with van der Waals surface area (Å²) in [4.78, 5) is 11.6. The number of aliphatic hydroxyl groups excluding tert-OH is 1. The number of hydrogen-bond acceptors (Lipinski definition) is 3. The van der Waals surface area contributed by atoms with E-state index in [1.165, 1.54) is 0 Å². The van der Waals surface area contributed by atoms with E-state index in [2.05, 4.69) is 5.32 Å². The summed E-state index contributed by atoms with van der Waals surface area (Å²) in [5, 5.41) is 11.5. The van der Waals surface area contributed by atoms with Gasteiger partial charge in [0, 0.05) is 24.3 Å². The first-order chi connectivity index (χ1) is 7.04. The molecule has 0 aromatic rings. The van der Waals surface area contributed by atoms with Gasteiger partial charge in [-0.15, -0.1) is 0 Å². The molecule has 0 atom stereocenters. The molecule has 0 saturated heterocycles. The third kappa shape index (κ3) is 6.79. The molecule has 0 rings (SSSR count). The molecule has 0 saturated carbocycles. The molecule has 0 aliphatic carbocycles. The number of carbonyl (C=O) groups excluding carboxylic acids is 1. The Bertz CT molecular complexity index is 183. The molecule has 0 heterocycles. The van der Waals surface area contributed by atoms with Crippen molar-refractivity contribution >= 4 is 17.7 Å². The third-order valence-electron chi connectivity index (χ3n) is 2.48. The van der Waals surface area contributed by atoms with Crippen LogP contribution in [0.5, 0.6) is 0 Å². The number of thioether (sulfide) groups is 1. The van der Waals surface area contributed by atoms with Gasteiger partial charge in [-0.3, -0.25) is 4.79 Å². The van der Waals surface area contributed by atoms with Crippen LogP contribution in [-0.4, -0.2) is 35.7 Å². The van der Waals surface area contributed by atoms with Crippen LogP contribution in [-0.2, 0) is 4.79 Å². The monoisotopic (exact) mass is 233 g/mol. The lowest BCUT2D eigenvalue weighted by molar-refractivity contribution is -0.129. The Morgan fingerprint density at radius 3 is 2.60 bits per heavy atom. The molecule has 90 valence electrons. The Hall–Kier alpha value is -0.220. The Balaban J connectivity index is 3.47. The van der Waals surface area contributed by atoms with Gasteiger partial charge in [-0.25, -0.2) is 0 Å². The van der Waals surface area contributed by atoms with E-state index in [4.69, 9.17) is 5.11 Å². The van der Waals surface area contributed by atoms with Crippen molar-refractivity contribution in [2.24, 2.45) is 5.41 Å². The molecule has 0 unspecified atom stereocenters. The number of aliphatic hydroxyl groups is 1. The molecule has 0 aliphatic rings. The zero-order chi connectivity index (χ0) is 11.7. The van der Waals surface area contributed by atoms with E-state index in [-0.39, 0.29) is 17.9 Å². The molecule has 2 N–H and O–H groups in total. The smallest absolute Gasteiger partial charge is 0.225 e. The van der Waals surface area contributed by atoms with Crippen LogP contribution in [0.15, 0.2) is 0 Å². The summed E-state index contributed by atoms with van der Waals surface area (Å²) in [5.41, 5.74) is -0.254. The van der Waals surface area contributed by atoms with Crippen molar-refractivity contribution in [3.05, 3.63) is 0 Å². The minimum Gasteiger partial charge on any atom is -0.396 e. The van der Waals surface area contributed by atoms with Crippen molar-refractivity contribution in [1.82, 2.24) is 5.32 Å². The summed E-state index contributed by atoms with van der Waals surface area (Å²) in [6, 6.07) is 0. The van der Waals surface area contributed by atoms with Crippen molar-refractivity contribution in [2.75, 3.05) is 24.7 Å². The lowest BCUT2D eigenvalue weighted by atomic mass is 9.89. The first-order valence-corrected chi connectivity index (χ1v) is 6.67. The average molecular weight is 233 g/mol. The standard InChI is InChI=1S/C11H23NO2S/c1-4-11(2,3)10(14)12-6-9-15-8-5-7-13/h13H,4-9H2,1-3H3,(H,12,14). The van der Waals surface area contributed by atoms with Gasteiger partial charge in [-0.1, -0.05) is 20.8 Å². The molecule has 0 aliphatic heterocycles. The van der Waals surface area contributed by atoms with Crippen LogP contribution in [0, 0.1) is 5.41 Å². The fourth-order valence-electron chi connectivity index (χ4n) is 0.905. The normalized spacial score (nSPS) is 11.5. The average Bonchev–Trinajstić information content (AvgIpc) is 2.22. The van der Waals surface area contributed by atoms with Crippen LogP contribution >= 0.6 is 11.8 Å². The highest BCUT2D eigenvalue weighted by atomic mass is 32.2. The number of amides is 1. The van der Waals surface area contributed by atoms with E-state index in [9.17, 15) is 4.79 Å². The van der Waals surface area contributed by atoms with Gasteiger partial charge in [-0.05, 0) is 18.6 Å². The second kappa shape index (κ2) is 7.99. The molecule has 3 nitrogen and oxygen atoms in total. The van der Waals surface area contributed by atoms with Gasteiger partial charge in [0.2, 0.25) is 5.91 Å². The Kier molecular flexibility index (Phi) is 7.88. The fourth-order valence-corrected chi connectivity index (χ4v) is 1.69. The van der Waals surface area contributed by atoms with Crippen molar-refractivity contribution in [3.63, 3.8) is 0 Å². The van der Waals surface area contributed by atoms with Gasteiger partial charge in [0.25, 0.3) is 0 Å². The predicted molar refractivity (Wildman–Crippen MR) is 66.1 cm³/mol. The molecule has 0 bridgehead atoms. The molecule has 0 aromatic carbocycles. The minimum absolute atomic E-state index is 0.132. The first kappa shape index (κ1) is 14.8. The summed E-state index contributed by atoms with van der Waals surface area (Å²) < 4.78 is 0. The molecule has 4 heteroatoms. The van der Waals surface area contributed by atoms with Gasteiger partial charge in [0.1, 0.15) is 0 Å². The van der Waals surface area contributed by atoms with Crippen LogP contribution in [0.4, 0.5) is 0 Å². The SMILES string of the molecule is CCC(C)(C)C(=O)NCCSCCCO. The molecule has 0 aromatic heterocycles. The number of carbonyl (C=O) groups is 1. The Labute approximate surface area is 97.0 Å². The maximum atomic E-state index is 11.6. The second-order valence-corrected chi connectivity index (χ2v) is 5.41. The number of rotatable bonds is 8. The third-order valence-corrected chi connectivity index (χ3v) is 3.55. The zero-order valence-electron chi connectivity index (χ0n) is 10.0. The molecular weight excluding hydrogens is 210 g/mol. The van der Waals surface area contributed by atoms with E-state index in [1.54, 1.807) is 11.8 Å². The molecule has 0 radical (unpaired) electrons. The summed E-state index contributed by atoms with van der Waals surface area (Å²) in [7, 11) is 0. The zero-order valence-corrected chi connectivity index (χ0v) is 10.8. The van der Waals surface area contributed by atoms with Crippen LogP contribution < -0.4 is 5.32 Å². The van der Waals surface area contributed by atoms with Crippen molar-refractivity contribution in [3.8, 4) is 0 Å². The minimum atomic E-state index is -0.254. The molecule has 0 fully saturated rings. The van der Waals surface area contributed by atoms with Crippen molar-refractivity contribution in [2.45, 2.75) is 33.6 Å². The number of nitrogens with one attached hydrogen (secondary N) is 1. The van der Waals surface area contributed by atoms with Crippen molar-refractivity contribution in [1.29, 1.82) is 0 Å². The largest absolute Gasteiger partial charge is 0.396 e. The van der Waals surface area contributed by atoms with Gasteiger partial charge in [0.15, 0.2) is 0 Å². The maximum absolute atomic E-state index is 11.6. The highest BCUT2D eigenvalue weighted by molar-refractivity contribution is 7.99. The van der Waals surface area contributed by atoms with Crippen LogP contribution in [0.3, 0.4) is 0 Å². The summed E-state index contributed by atoms with van der Waals surface area (Å²) in [6.45, 7) is 6.92. The van der Waals surface area contributed by atoms with Crippen LogP contribution in [0.1, 0.15) is 33.6 Å². The molecule has 15 heavy (non-hydrogen) atoms.